The van der Waals surface area contributed by atoms with Crippen LogP contribution >= 0.6 is 0 Å². The molecular weight excluding hydrogens is 262 g/mol. The first-order chi connectivity index (χ1) is 10.3. The van der Waals surface area contributed by atoms with Crippen LogP contribution in [0.1, 0.15) is 36.3 Å². The van der Waals surface area contributed by atoms with E-state index in [2.05, 4.69) is 36.5 Å². The Balaban J connectivity index is 1.97. The molecule has 3 heteroatoms. The van der Waals surface area contributed by atoms with Crippen LogP contribution in [0.5, 0.6) is 0 Å². The van der Waals surface area contributed by atoms with Gasteiger partial charge in [0.1, 0.15) is 0 Å². The first kappa shape index (κ1) is 16.5. The molecule has 0 aliphatic carbocycles. The highest BCUT2D eigenvalue weighted by Crippen LogP contribution is 2.30. The predicted molar refractivity (Wildman–Crippen MR) is 86.8 cm³/mol. The number of ether oxygens (including phenoxy) is 2. The van der Waals surface area contributed by atoms with E-state index in [0.717, 1.165) is 38.8 Å². The van der Waals surface area contributed by atoms with Gasteiger partial charge in [0, 0.05) is 33.4 Å². The summed E-state index contributed by atoms with van der Waals surface area (Å²) in [5.41, 5.74) is 2.90. The first-order valence-corrected chi connectivity index (χ1v) is 8.14. The standard InChI is InChI=1S/C18H29NO2/c1-15-5-3-4-6-18(15)17(14-19-9-12-20-2)13-16-7-10-21-11-8-16/h3-6,16-17,19H,7-14H2,1-2H3. The fourth-order valence-electron chi connectivity index (χ4n) is 3.20. The maximum atomic E-state index is 5.49. The van der Waals surface area contributed by atoms with Crippen LogP contribution in [0.15, 0.2) is 24.3 Å². The number of nitrogens with one attached hydrogen (secondary N) is 1. The van der Waals surface area contributed by atoms with Crippen LogP contribution in [0.3, 0.4) is 0 Å². The molecule has 0 saturated carbocycles. The molecule has 0 bridgehead atoms. The van der Waals surface area contributed by atoms with Gasteiger partial charge in [-0.15, -0.1) is 0 Å². The van der Waals surface area contributed by atoms with E-state index in [0.29, 0.717) is 5.92 Å². The second-order valence-corrected chi connectivity index (χ2v) is 6.04. The monoisotopic (exact) mass is 291 g/mol. The van der Waals surface area contributed by atoms with Crippen molar-refractivity contribution in [3.8, 4) is 0 Å². The van der Waals surface area contributed by atoms with Gasteiger partial charge in [-0.1, -0.05) is 24.3 Å². The lowest BCUT2D eigenvalue weighted by Gasteiger charge is -2.28. The van der Waals surface area contributed by atoms with Gasteiger partial charge < -0.3 is 14.8 Å². The molecule has 1 unspecified atom stereocenters. The molecule has 3 nitrogen and oxygen atoms in total. The van der Waals surface area contributed by atoms with Crippen LogP contribution in [-0.2, 0) is 9.47 Å². The van der Waals surface area contributed by atoms with Crippen LogP contribution < -0.4 is 5.32 Å². The molecule has 118 valence electrons. The van der Waals surface area contributed by atoms with Crippen molar-refractivity contribution in [3.05, 3.63) is 35.4 Å². The molecule has 0 spiro atoms. The maximum absolute atomic E-state index is 5.49. The highest BCUT2D eigenvalue weighted by Gasteiger charge is 2.21. The SMILES string of the molecule is COCCNCC(CC1CCOCC1)c1ccccc1C. The minimum absolute atomic E-state index is 0.589. The molecule has 0 radical (unpaired) electrons. The topological polar surface area (TPSA) is 30.5 Å². The van der Waals surface area contributed by atoms with Crippen LogP contribution in [0.4, 0.5) is 0 Å². The molecule has 1 saturated heterocycles. The van der Waals surface area contributed by atoms with Crippen LogP contribution in [0.2, 0.25) is 0 Å². The lowest BCUT2D eigenvalue weighted by atomic mass is 9.83. The summed E-state index contributed by atoms with van der Waals surface area (Å²) in [6, 6.07) is 8.80. The zero-order chi connectivity index (χ0) is 14.9. The average Bonchev–Trinajstić information content (AvgIpc) is 2.52. The fraction of sp³-hybridized carbons (Fsp3) is 0.667. The van der Waals surface area contributed by atoms with Crippen molar-refractivity contribution in [2.45, 2.75) is 32.1 Å². The van der Waals surface area contributed by atoms with E-state index >= 15 is 0 Å². The zero-order valence-corrected chi connectivity index (χ0v) is 13.4. The van der Waals surface area contributed by atoms with Crippen molar-refractivity contribution in [2.24, 2.45) is 5.92 Å². The minimum Gasteiger partial charge on any atom is -0.383 e. The molecule has 1 atom stereocenters. The van der Waals surface area contributed by atoms with Gasteiger partial charge in [0.2, 0.25) is 0 Å². The molecule has 21 heavy (non-hydrogen) atoms. The summed E-state index contributed by atoms with van der Waals surface area (Å²) >= 11 is 0. The molecule has 0 aromatic heterocycles. The Hall–Kier alpha value is -0.900. The molecule has 1 aliphatic heterocycles. The number of aryl methyl sites for hydroxylation is 1. The second-order valence-electron chi connectivity index (χ2n) is 6.04. The molecule has 1 fully saturated rings. The third-order valence-electron chi connectivity index (χ3n) is 4.46. The molecule has 1 aromatic rings. The van der Waals surface area contributed by atoms with Crippen molar-refractivity contribution in [1.29, 1.82) is 0 Å². The Morgan fingerprint density at radius 3 is 2.76 bits per heavy atom. The summed E-state index contributed by atoms with van der Waals surface area (Å²) in [6.45, 7) is 6.82. The van der Waals surface area contributed by atoms with Crippen molar-refractivity contribution >= 4 is 0 Å². The fourth-order valence-corrected chi connectivity index (χ4v) is 3.20. The third kappa shape index (κ3) is 5.42. The average molecular weight is 291 g/mol. The lowest BCUT2D eigenvalue weighted by Crippen LogP contribution is -2.28. The Morgan fingerprint density at radius 2 is 2.05 bits per heavy atom. The molecule has 1 aliphatic rings. The van der Waals surface area contributed by atoms with Crippen molar-refractivity contribution in [2.75, 3.05) is 40.0 Å². The number of rotatable bonds is 8. The van der Waals surface area contributed by atoms with Gasteiger partial charge in [-0.2, -0.15) is 0 Å². The zero-order valence-electron chi connectivity index (χ0n) is 13.4. The van der Waals surface area contributed by atoms with Crippen molar-refractivity contribution in [1.82, 2.24) is 5.32 Å². The normalized spacial score (nSPS) is 17.8. The van der Waals surface area contributed by atoms with Crippen LogP contribution in [-0.4, -0.2) is 40.0 Å². The summed E-state index contributed by atoms with van der Waals surface area (Å²) in [5.74, 6) is 1.39. The van der Waals surface area contributed by atoms with Gasteiger partial charge in [-0.3, -0.25) is 0 Å². The highest BCUT2D eigenvalue weighted by molar-refractivity contribution is 5.29. The van der Waals surface area contributed by atoms with Gasteiger partial charge in [-0.05, 0) is 49.1 Å². The Morgan fingerprint density at radius 1 is 1.29 bits per heavy atom. The van der Waals surface area contributed by atoms with E-state index in [1.54, 1.807) is 7.11 Å². The largest absolute Gasteiger partial charge is 0.383 e. The van der Waals surface area contributed by atoms with Crippen molar-refractivity contribution < 1.29 is 9.47 Å². The summed E-state index contributed by atoms with van der Waals surface area (Å²) in [5, 5.41) is 3.55. The van der Waals surface area contributed by atoms with Gasteiger partial charge in [0.05, 0.1) is 6.61 Å². The first-order valence-electron chi connectivity index (χ1n) is 8.14. The summed E-state index contributed by atoms with van der Waals surface area (Å²) < 4.78 is 10.6. The summed E-state index contributed by atoms with van der Waals surface area (Å²) in [6.07, 6.45) is 3.68. The van der Waals surface area contributed by atoms with Crippen LogP contribution in [0.25, 0.3) is 0 Å². The molecule has 0 amide bonds. The van der Waals surface area contributed by atoms with Gasteiger partial charge in [0.25, 0.3) is 0 Å². The number of hydrogen-bond acceptors (Lipinski definition) is 3. The molecule has 1 aromatic carbocycles. The van der Waals surface area contributed by atoms with Gasteiger partial charge in [0.15, 0.2) is 0 Å². The summed E-state index contributed by atoms with van der Waals surface area (Å²) in [4.78, 5) is 0. The lowest BCUT2D eigenvalue weighted by molar-refractivity contribution is 0.0615. The van der Waals surface area contributed by atoms with Gasteiger partial charge >= 0.3 is 0 Å². The summed E-state index contributed by atoms with van der Waals surface area (Å²) in [7, 11) is 1.75. The van der Waals surface area contributed by atoms with E-state index in [4.69, 9.17) is 9.47 Å². The van der Waals surface area contributed by atoms with Crippen LogP contribution in [0, 0.1) is 12.8 Å². The van der Waals surface area contributed by atoms with E-state index < -0.39 is 0 Å². The van der Waals surface area contributed by atoms with E-state index in [9.17, 15) is 0 Å². The van der Waals surface area contributed by atoms with E-state index in [-0.39, 0.29) is 0 Å². The number of benzene rings is 1. The molecular formula is C18H29NO2. The quantitative estimate of drug-likeness (QED) is 0.746. The maximum Gasteiger partial charge on any atom is 0.0587 e. The Bertz CT molecular complexity index is 402. The van der Waals surface area contributed by atoms with Crippen molar-refractivity contribution in [3.63, 3.8) is 0 Å². The number of methoxy groups -OCH3 is 1. The second kappa shape index (κ2) is 9.19. The Labute approximate surface area is 129 Å². The third-order valence-corrected chi connectivity index (χ3v) is 4.46. The minimum atomic E-state index is 0.589. The van der Waals surface area contributed by atoms with E-state index in [1.165, 1.54) is 30.4 Å². The van der Waals surface area contributed by atoms with E-state index in [1.807, 2.05) is 0 Å². The smallest absolute Gasteiger partial charge is 0.0587 e. The Kier molecular flexibility index (Phi) is 7.20. The highest BCUT2D eigenvalue weighted by atomic mass is 16.5. The van der Waals surface area contributed by atoms with Gasteiger partial charge in [-0.25, -0.2) is 0 Å². The predicted octanol–water partition coefficient (Wildman–Crippen LogP) is 3.13. The molecule has 2 rings (SSSR count). The molecule has 1 heterocycles. The number of hydrogen-bond donors (Lipinski definition) is 1. The molecule has 1 N–H and O–H groups in total.